The predicted molar refractivity (Wildman–Crippen MR) is 83.4 cm³/mol. The minimum atomic E-state index is 0.0252. The molecule has 0 aliphatic carbocycles. The first-order valence-electron chi connectivity index (χ1n) is 7.19. The first kappa shape index (κ1) is 16.5. The molecule has 0 spiro atoms. The molecule has 1 aromatic rings. The monoisotopic (exact) mass is 278 g/mol. The third-order valence-electron chi connectivity index (χ3n) is 3.24. The van der Waals surface area contributed by atoms with Crippen molar-refractivity contribution < 1.29 is 9.53 Å². The van der Waals surface area contributed by atoms with Crippen LogP contribution in [0.3, 0.4) is 0 Å². The number of benzene rings is 1. The number of rotatable bonds is 8. The molecule has 0 fully saturated rings. The number of anilines is 1. The number of hydrogen-bond acceptors (Lipinski definition) is 3. The number of amides is 1. The van der Waals surface area contributed by atoms with Crippen molar-refractivity contribution in [1.29, 1.82) is 0 Å². The molecule has 0 saturated heterocycles. The van der Waals surface area contributed by atoms with Gasteiger partial charge in [-0.15, -0.1) is 0 Å². The molecule has 0 atom stereocenters. The van der Waals surface area contributed by atoms with E-state index in [-0.39, 0.29) is 5.91 Å². The van der Waals surface area contributed by atoms with Gasteiger partial charge in [-0.2, -0.15) is 0 Å². The van der Waals surface area contributed by atoms with Crippen molar-refractivity contribution in [3.05, 3.63) is 23.8 Å². The minimum absolute atomic E-state index is 0.0252. The molecule has 0 heterocycles. The summed E-state index contributed by atoms with van der Waals surface area (Å²) in [4.78, 5) is 14.2. The summed E-state index contributed by atoms with van der Waals surface area (Å²) < 4.78 is 5.25. The zero-order valence-electron chi connectivity index (χ0n) is 13.0. The van der Waals surface area contributed by atoms with E-state index in [1.807, 2.05) is 25.1 Å². The molecule has 0 saturated carbocycles. The molecule has 1 rings (SSSR count). The Morgan fingerprint density at radius 2 is 2.10 bits per heavy atom. The number of unbranched alkanes of at least 4 members (excludes halogenated alkanes) is 1. The third-order valence-corrected chi connectivity index (χ3v) is 3.24. The van der Waals surface area contributed by atoms with Crippen molar-refractivity contribution in [2.45, 2.75) is 33.1 Å². The van der Waals surface area contributed by atoms with Gasteiger partial charge in [0.2, 0.25) is 5.91 Å². The van der Waals surface area contributed by atoms with Gasteiger partial charge in [0.1, 0.15) is 5.75 Å². The van der Waals surface area contributed by atoms with Crippen molar-refractivity contribution in [2.24, 2.45) is 0 Å². The van der Waals surface area contributed by atoms with Crippen molar-refractivity contribution in [3.8, 4) is 5.75 Å². The van der Waals surface area contributed by atoms with Crippen molar-refractivity contribution >= 4 is 11.6 Å². The first-order chi connectivity index (χ1) is 9.56. The van der Waals surface area contributed by atoms with Crippen LogP contribution in [0.2, 0.25) is 0 Å². The predicted octanol–water partition coefficient (Wildman–Crippen LogP) is 3.06. The SMILES string of the molecule is CCCCN(C)CCC(=O)Nc1cc(C)ccc1OC. The van der Waals surface area contributed by atoms with Crippen LogP contribution in [-0.2, 0) is 4.79 Å². The number of nitrogens with zero attached hydrogens (tertiary/aromatic N) is 1. The number of hydrogen-bond donors (Lipinski definition) is 1. The third kappa shape index (κ3) is 5.61. The van der Waals surface area contributed by atoms with E-state index in [2.05, 4.69) is 24.2 Å². The van der Waals surface area contributed by atoms with Crippen LogP contribution in [0.25, 0.3) is 0 Å². The van der Waals surface area contributed by atoms with E-state index in [9.17, 15) is 4.79 Å². The van der Waals surface area contributed by atoms with Gasteiger partial charge in [-0.3, -0.25) is 4.79 Å². The molecule has 1 N–H and O–H groups in total. The van der Waals surface area contributed by atoms with E-state index < -0.39 is 0 Å². The summed E-state index contributed by atoms with van der Waals surface area (Å²) in [5.74, 6) is 0.723. The van der Waals surface area contributed by atoms with Gasteiger partial charge < -0.3 is 15.0 Å². The molecule has 0 radical (unpaired) electrons. The quantitative estimate of drug-likeness (QED) is 0.794. The molecule has 4 nitrogen and oxygen atoms in total. The van der Waals surface area contributed by atoms with Crippen LogP contribution in [0.15, 0.2) is 18.2 Å². The minimum Gasteiger partial charge on any atom is -0.495 e. The zero-order valence-corrected chi connectivity index (χ0v) is 13.0. The van der Waals surface area contributed by atoms with Crippen LogP contribution in [0.1, 0.15) is 31.7 Å². The Kier molecular flexibility index (Phi) is 7.09. The highest BCUT2D eigenvalue weighted by Crippen LogP contribution is 2.25. The molecular formula is C16H26N2O2. The molecule has 1 amide bonds. The van der Waals surface area contributed by atoms with Crippen LogP contribution in [0.4, 0.5) is 5.69 Å². The van der Waals surface area contributed by atoms with E-state index in [0.717, 1.165) is 24.3 Å². The molecule has 0 aromatic heterocycles. The fourth-order valence-electron chi connectivity index (χ4n) is 1.96. The van der Waals surface area contributed by atoms with Gasteiger partial charge in [-0.1, -0.05) is 19.4 Å². The molecule has 0 bridgehead atoms. The number of aryl methyl sites for hydroxylation is 1. The van der Waals surface area contributed by atoms with Crippen LogP contribution >= 0.6 is 0 Å². The van der Waals surface area contributed by atoms with Gasteiger partial charge in [0.15, 0.2) is 0 Å². The smallest absolute Gasteiger partial charge is 0.225 e. The highest BCUT2D eigenvalue weighted by molar-refractivity contribution is 5.92. The van der Waals surface area contributed by atoms with Crippen molar-refractivity contribution in [3.63, 3.8) is 0 Å². The zero-order chi connectivity index (χ0) is 15.0. The largest absolute Gasteiger partial charge is 0.495 e. The average molecular weight is 278 g/mol. The van der Waals surface area contributed by atoms with E-state index in [1.54, 1.807) is 7.11 Å². The van der Waals surface area contributed by atoms with Gasteiger partial charge in [-0.05, 0) is 44.6 Å². The summed E-state index contributed by atoms with van der Waals surface area (Å²) in [5, 5.41) is 2.92. The number of nitrogens with one attached hydrogen (secondary N) is 1. The van der Waals surface area contributed by atoms with Gasteiger partial charge >= 0.3 is 0 Å². The van der Waals surface area contributed by atoms with Gasteiger partial charge in [-0.25, -0.2) is 0 Å². The summed E-state index contributed by atoms with van der Waals surface area (Å²) in [6.45, 7) is 5.98. The van der Waals surface area contributed by atoms with Gasteiger partial charge in [0, 0.05) is 13.0 Å². The Bertz CT molecular complexity index is 432. The van der Waals surface area contributed by atoms with Crippen LogP contribution in [0.5, 0.6) is 5.75 Å². The Hall–Kier alpha value is -1.55. The Morgan fingerprint density at radius 3 is 2.75 bits per heavy atom. The summed E-state index contributed by atoms with van der Waals surface area (Å²) in [6.07, 6.45) is 2.85. The normalized spacial score (nSPS) is 10.7. The van der Waals surface area contributed by atoms with Crippen LogP contribution in [0, 0.1) is 6.92 Å². The lowest BCUT2D eigenvalue weighted by Crippen LogP contribution is -2.25. The van der Waals surface area contributed by atoms with E-state index in [4.69, 9.17) is 4.74 Å². The molecule has 1 aromatic carbocycles. The van der Waals surface area contributed by atoms with Crippen LogP contribution < -0.4 is 10.1 Å². The second-order valence-corrected chi connectivity index (χ2v) is 5.16. The Morgan fingerprint density at radius 1 is 1.35 bits per heavy atom. The Labute approximate surface area is 122 Å². The summed E-state index contributed by atoms with van der Waals surface area (Å²) in [6, 6.07) is 5.77. The summed E-state index contributed by atoms with van der Waals surface area (Å²) in [7, 11) is 3.66. The fraction of sp³-hybridized carbons (Fsp3) is 0.562. The fourth-order valence-corrected chi connectivity index (χ4v) is 1.96. The first-order valence-corrected chi connectivity index (χ1v) is 7.19. The average Bonchev–Trinajstić information content (AvgIpc) is 2.43. The van der Waals surface area contributed by atoms with Gasteiger partial charge in [0.25, 0.3) is 0 Å². The maximum absolute atomic E-state index is 12.0. The summed E-state index contributed by atoms with van der Waals surface area (Å²) >= 11 is 0. The number of carbonyl (C=O) groups is 1. The number of carbonyl (C=O) groups excluding carboxylic acids is 1. The summed E-state index contributed by atoms with van der Waals surface area (Å²) in [5.41, 5.74) is 1.84. The maximum Gasteiger partial charge on any atom is 0.225 e. The molecule has 20 heavy (non-hydrogen) atoms. The van der Waals surface area contributed by atoms with E-state index in [1.165, 1.54) is 12.8 Å². The Balaban J connectivity index is 2.48. The van der Waals surface area contributed by atoms with E-state index >= 15 is 0 Å². The highest BCUT2D eigenvalue weighted by atomic mass is 16.5. The maximum atomic E-state index is 12.0. The van der Waals surface area contributed by atoms with Crippen molar-refractivity contribution in [1.82, 2.24) is 4.90 Å². The highest BCUT2D eigenvalue weighted by Gasteiger charge is 2.08. The standard InChI is InChI=1S/C16H26N2O2/c1-5-6-10-18(3)11-9-16(19)17-14-12-13(2)7-8-15(14)20-4/h7-8,12H,5-6,9-11H2,1-4H3,(H,17,19). The molecular weight excluding hydrogens is 252 g/mol. The molecule has 4 heteroatoms. The van der Waals surface area contributed by atoms with Crippen LogP contribution in [-0.4, -0.2) is 38.1 Å². The molecule has 112 valence electrons. The number of methoxy groups -OCH3 is 1. The number of ether oxygens (including phenoxy) is 1. The lowest BCUT2D eigenvalue weighted by Gasteiger charge is -2.16. The lowest BCUT2D eigenvalue weighted by atomic mass is 10.2. The second kappa shape index (κ2) is 8.59. The van der Waals surface area contributed by atoms with Crippen molar-refractivity contribution in [2.75, 3.05) is 32.6 Å². The van der Waals surface area contributed by atoms with E-state index in [0.29, 0.717) is 12.2 Å². The molecule has 0 aliphatic heterocycles. The lowest BCUT2D eigenvalue weighted by molar-refractivity contribution is -0.116. The topological polar surface area (TPSA) is 41.6 Å². The van der Waals surface area contributed by atoms with Gasteiger partial charge in [0.05, 0.1) is 12.8 Å². The second-order valence-electron chi connectivity index (χ2n) is 5.16. The molecule has 0 unspecified atom stereocenters. The molecule has 0 aliphatic rings.